The standard InChI is InChI=1S/C47H57N9O6/c1-61-46(59)52-39(28-11-5-3-6-12-28)44(57)55-23-9-15-37(55)42-48-27-36(51-42)33-20-18-30-25-32(19-17-31(30)26-33)34-21-22-35-41(49-34)54-43(50-35)38-16-10-24-56(38)45(58)40(53-47(60)62-2)29-13-7-4-8-14-29/h17-22,25-29,37-40H,3-16,23-24H2,1-2H3,(H,48,51)(H,52,59)(H,53,60)(H,49,50,54)/t37-,38-,39-,40-/m0/s1. The quantitative estimate of drug-likeness (QED) is 0.108. The van der Waals surface area contributed by atoms with Crippen LogP contribution in [0.3, 0.4) is 0 Å². The van der Waals surface area contributed by atoms with Crippen LogP contribution in [0.5, 0.6) is 0 Å². The molecular formula is C47H57N9O6. The number of hydrogen-bond donors (Lipinski definition) is 4. The molecule has 0 radical (unpaired) electrons. The number of H-pyrrole nitrogens is 2. The Labute approximate surface area is 361 Å². The molecule has 326 valence electrons. The van der Waals surface area contributed by atoms with Crippen molar-refractivity contribution in [3.63, 3.8) is 0 Å². The molecule has 4 N–H and O–H groups in total. The van der Waals surface area contributed by atoms with Crippen LogP contribution in [0.2, 0.25) is 0 Å². The Morgan fingerprint density at radius 2 is 1.18 bits per heavy atom. The molecule has 9 rings (SSSR count). The number of benzene rings is 2. The smallest absolute Gasteiger partial charge is 0.407 e. The molecule has 0 bridgehead atoms. The molecule has 4 amide bonds. The van der Waals surface area contributed by atoms with Gasteiger partial charge in [-0.05, 0) is 98.2 Å². The Balaban J connectivity index is 0.900. The van der Waals surface area contributed by atoms with Gasteiger partial charge < -0.3 is 39.9 Å². The number of imidazole rings is 2. The summed E-state index contributed by atoms with van der Waals surface area (Å²) in [6, 6.07) is 14.9. The van der Waals surface area contributed by atoms with E-state index in [2.05, 4.69) is 57.0 Å². The molecule has 4 aliphatic rings. The van der Waals surface area contributed by atoms with Gasteiger partial charge in [0.05, 0.1) is 43.9 Å². The van der Waals surface area contributed by atoms with Crippen molar-refractivity contribution in [3.05, 3.63) is 66.4 Å². The van der Waals surface area contributed by atoms with Crippen LogP contribution in [0.15, 0.2) is 54.7 Å². The van der Waals surface area contributed by atoms with E-state index in [9.17, 15) is 19.2 Å². The summed E-state index contributed by atoms with van der Waals surface area (Å²) in [7, 11) is 2.66. The molecule has 2 aliphatic carbocycles. The molecule has 4 atom stereocenters. The van der Waals surface area contributed by atoms with Crippen molar-refractivity contribution in [1.82, 2.24) is 45.4 Å². The van der Waals surface area contributed by atoms with Crippen LogP contribution in [0, 0.1) is 11.8 Å². The van der Waals surface area contributed by atoms with Gasteiger partial charge in [0, 0.05) is 24.2 Å². The zero-order chi connectivity index (χ0) is 42.7. The van der Waals surface area contributed by atoms with Crippen molar-refractivity contribution in [2.24, 2.45) is 11.8 Å². The summed E-state index contributed by atoms with van der Waals surface area (Å²) in [5.74, 6) is 1.49. The molecule has 2 aromatic carbocycles. The highest BCUT2D eigenvalue weighted by Gasteiger charge is 2.41. The van der Waals surface area contributed by atoms with Gasteiger partial charge in [0.25, 0.3) is 0 Å². The van der Waals surface area contributed by atoms with E-state index in [1.54, 1.807) is 0 Å². The second-order valence-corrected chi connectivity index (χ2v) is 17.5. The molecule has 0 unspecified atom stereocenters. The number of methoxy groups -OCH3 is 2. The molecule has 0 spiro atoms. The molecular weight excluding hydrogens is 787 g/mol. The second kappa shape index (κ2) is 18.2. The van der Waals surface area contributed by atoms with Gasteiger partial charge in [-0.25, -0.2) is 24.5 Å². The van der Waals surface area contributed by atoms with Crippen LogP contribution in [-0.4, -0.2) is 98.1 Å². The molecule has 5 heterocycles. The van der Waals surface area contributed by atoms with Crippen LogP contribution < -0.4 is 10.6 Å². The number of amides is 4. The fraction of sp³-hybridized carbons (Fsp3) is 0.511. The molecule has 62 heavy (non-hydrogen) atoms. The van der Waals surface area contributed by atoms with E-state index in [0.717, 1.165) is 135 Å². The van der Waals surface area contributed by atoms with Crippen LogP contribution in [0.25, 0.3) is 44.5 Å². The van der Waals surface area contributed by atoms with Gasteiger partial charge in [-0.2, -0.15) is 0 Å². The number of nitrogens with one attached hydrogen (secondary N) is 4. The number of nitrogens with zero attached hydrogens (tertiary/aromatic N) is 5. The highest BCUT2D eigenvalue weighted by molar-refractivity contribution is 5.91. The number of aromatic nitrogens is 5. The monoisotopic (exact) mass is 843 g/mol. The van der Waals surface area contributed by atoms with E-state index in [-0.39, 0.29) is 35.7 Å². The molecule has 2 saturated heterocycles. The molecule has 15 nitrogen and oxygen atoms in total. The third-order valence-electron chi connectivity index (χ3n) is 13.8. The number of fused-ring (bicyclic) bond motifs is 2. The number of carbonyl (C=O) groups excluding carboxylic acids is 4. The maximum Gasteiger partial charge on any atom is 0.407 e. The minimum atomic E-state index is -0.624. The Kier molecular flexibility index (Phi) is 12.1. The molecule has 3 aromatic heterocycles. The van der Waals surface area contributed by atoms with Crippen LogP contribution in [-0.2, 0) is 19.1 Å². The van der Waals surface area contributed by atoms with E-state index in [1.165, 1.54) is 14.2 Å². The van der Waals surface area contributed by atoms with E-state index in [1.807, 2.05) is 28.1 Å². The lowest BCUT2D eigenvalue weighted by atomic mass is 9.83. The maximum absolute atomic E-state index is 14.1. The predicted octanol–water partition coefficient (Wildman–Crippen LogP) is 8.11. The first kappa shape index (κ1) is 41.4. The summed E-state index contributed by atoms with van der Waals surface area (Å²) in [6.07, 6.45) is 14.1. The SMILES string of the molecule is COC(=O)N[C@H](C(=O)N1CCC[C@H]1c1ncc(-c2ccc3cc(-c4ccc5nc([C@@H]6CCCN6C(=O)[C@@H](NC(=O)OC)C6CCCCC6)[nH]c5n4)ccc3c2)[nH]1)C1CCCCC1. The summed E-state index contributed by atoms with van der Waals surface area (Å²) in [5, 5.41) is 7.87. The van der Waals surface area contributed by atoms with Crippen LogP contribution >= 0.6 is 0 Å². The molecule has 15 heteroatoms. The molecule has 5 aromatic rings. The summed E-state index contributed by atoms with van der Waals surface area (Å²) < 4.78 is 9.83. The Hall–Kier alpha value is -5.99. The Morgan fingerprint density at radius 3 is 1.76 bits per heavy atom. The molecule has 4 fully saturated rings. The predicted molar refractivity (Wildman–Crippen MR) is 234 cm³/mol. The highest BCUT2D eigenvalue weighted by Crippen LogP contribution is 2.37. The largest absolute Gasteiger partial charge is 0.453 e. The van der Waals surface area contributed by atoms with Gasteiger partial charge in [-0.15, -0.1) is 0 Å². The third-order valence-corrected chi connectivity index (χ3v) is 13.8. The Bertz CT molecular complexity index is 2430. The zero-order valence-corrected chi connectivity index (χ0v) is 35.7. The minimum absolute atomic E-state index is 0.0626. The highest BCUT2D eigenvalue weighted by atomic mass is 16.5. The lowest BCUT2D eigenvalue weighted by Crippen LogP contribution is -2.52. The lowest BCUT2D eigenvalue weighted by Gasteiger charge is -2.34. The van der Waals surface area contributed by atoms with Crippen LogP contribution in [0.1, 0.15) is 114 Å². The van der Waals surface area contributed by atoms with Crippen LogP contribution in [0.4, 0.5) is 9.59 Å². The first-order valence-electron chi connectivity index (χ1n) is 22.5. The van der Waals surface area contributed by atoms with E-state index in [4.69, 9.17) is 24.4 Å². The number of rotatable bonds is 10. The van der Waals surface area contributed by atoms with E-state index >= 15 is 0 Å². The second-order valence-electron chi connectivity index (χ2n) is 17.5. The summed E-state index contributed by atoms with van der Waals surface area (Å²) in [6.45, 7) is 1.22. The fourth-order valence-corrected chi connectivity index (χ4v) is 10.5. The molecule has 2 saturated carbocycles. The van der Waals surface area contributed by atoms with Gasteiger partial charge in [-0.3, -0.25) is 9.59 Å². The average Bonchev–Trinajstić information content (AvgIpc) is 4.16. The first-order chi connectivity index (χ1) is 30.3. The van der Waals surface area contributed by atoms with Crippen molar-refractivity contribution in [3.8, 4) is 22.5 Å². The van der Waals surface area contributed by atoms with Gasteiger partial charge >= 0.3 is 12.2 Å². The number of ether oxygens (including phenoxy) is 2. The van der Waals surface area contributed by atoms with Crippen molar-refractivity contribution < 1.29 is 28.7 Å². The van der Waals surface area contributed by atoms with Crippen molar-refractivity contribution in [1.29, 1.82) is 0 Å². The Morgan fingerprint density at radius 1 is 0.629 bits per heavy atom. The normalized spacial score (nSPS) is 20.9. The zero-order valence-electron chi connectivity index (χ0n) is 35.7. The number of aromatic amines is 2. The number of alkyl carbamates (subject to hydrolysis) is 2. The topological polar surface area (TPSA) is 188 Å². The number of likely N-dealkylation sites (tertiary alicyclic amines) is 2. The van der Waals surface area contributed by atoms with E-state index in [0.29, 0.717) is 24.6 Å². The van der Waals surface area contributed by atoms with E-state index < -0.39 is 24.3 Å². The average molecular weight is 844 g/mol. The third kappa shape index (κ3) is 8.45. The summed E-state index contributed by atoms with van der Waals surface area (Å²) in [5.41, 5.74) is 5.02. The number of pyridine rings is 1. The van der Waals surface area contributed by atoms with Gasteiger partial charge in [-0.1, -0.05) is 62.8 Å². The first-order valence-corrected chi connectivity index (χ1v) is 22.5. The number of carbonyl (C=O) groups is 4. The van der Waals surface area contributed by atoms with Gasteiger partial charge in [0.15, 0.2) is 5.65 Å². The van der Waals surface area contributed by atoms with Gasteiger partial charge in [0.2, 0.25) is 11.8 Å². The lowest BCUT2D eigenvalue weighted by molar-refractivity contribution is -0.136. The minimum Gasteiger partial charge on any atom is -0.453 e. The summed E-state index contributed by atoms with van der Waals surface area (Å²) >= 11 is 0. The van der Waals surface area contributed by atoms with Crippen molar-refractivity contribution >= 4 is 45.9 Å². The van der Waals surface area contributed by atoms with Gasteiger partial charge in [0.1, 0.15) is 29.2 Å². The summed E-state index contributed by atoms with van der Waals surface area (Å²) in [4.78, 5) is 78.2. The molecule has 2 aliphatic heterocycles. The number of hydrogen-bond acceptors (Lipinski definition) is 9. The maximum atomic E-state index is 14.1. The fourth-order valence-electron chi connectivity index (χ4n) is 10.5. The van der Waals surface area contributed by atoms with Crippen molar-refractivity contribution in [2.75, 3.05) is 27.3 Å². The van der Waals surface area contributed by atoms with Crippen molar-refractivity contribution in [2.45, 2.75) is 114 Å².